The van der Waals surface area contributed by atoms with Crippen LogP contribution in [0.5, 0.6) is 0 Å². The number of amides is 1. The first-order valence-corrected chi connectivity index (χ1v) is 8.42. The number of rotatable bonds is 6. The Morgan fingerprint density at radius 1 is 1.20 bits per heavy atom. The maximum absolute atomic E-state index is 12.8. The average Bonchev–Trinajstić information content (AvgIpc) is 2.54. The number of nitrogens with zero attached hydrogens (tertiary/aromatic N) is 2. The largest absolute Gasteiger partial charge is 0.406 e. The summed E-state index contributed by atoms with van der Waals surface area (Å²) in [5.74, 6) is -0.506. The van der Waals surface area contributed by atoms with Gasteiger partial charge in [-0.15, -0.1) is 0 Å². The zero-order chi connectivity index (χ0) is 18.6. The second-order valence-corrected chi connectivity index (χ2v) is 6.28. The first kappa shape index (κ1) is 19.2. The normalized spacial score (nSPS) is 11.8. The Bertz CT molecular complexity index is 756. The summed E-state index contributed by atoms with van der Waals surface area (Å²) in [6.45, 7) is 4.48. The average molecular weight is 352 g/mol. The zero-order valence-corrected chi connectivity index (χ0v) is 14.8. The number of benzene rings is 1. The lowest BCUT2D eigenvalue weighted by molar-refractivity contribution is -0.160. The Kier molecular flexibility index (Phi) is 6.03. The van der Waals surface area contributed by atoms with Gasteiger partial charge in [0.25, 0.3) is 0 Å². The fourth-order valence-electron chi connectivity index (χ4n) is 2.95. The van der Waals surface area contributed by atoms with Crippen LogP contribution in [-0.2, 0) is 11.2 Å². The summed E-state index contributed by atoms with van der Waals surface area (Å²) < 4.78 is 38.4. The Labute approximate surface area is 145 Å². The molecule has 2 aromatic rings. The number of aromatic nitrogens is 1. The highest BCUT2D eigenvalue weighted by molar-refractivity contribution is 5.86. The van der Waals surface area contributed by atoms with Crippen molar-refractivity contribution in [3.63, 3.8) is 0 Å². The van der Waals surface area contributed by atoms with Gasteiger partial charge >= 0.3 is 6.18 Å². The quantitative estimate of drug-likeness (QED) is 0.762. The first-order valence-electron chi connectivity index (χ1n) is 8.42. The molecule has 1 amide bonds. The van der Waals surface area contributed by atoms with Gasteiger partial charge in [-0.25, -0.2) is 0 Å². The lowest BCUT2D eigenvalue weighted by Crippen LogP contribution is -2.40. The number of para-hydroxylation sites is 1. The van der Waals surface area contributed by atoms with E-state index in [4.69, 9.17) is 0 Å². The van der Waals surface area contributed by atoms with E-state index in [0.717, 1.165) is 27.8 Å². The number of fused-ring (bicyclic) bond motifs is 1. The molecule has 136 valence electrons. The molecule has 0 aliphatic rings. The fourth-order valence-corrected chi connectivity index (χ4v) is 2.95. The molecule has 0 radical (unpaired) electrons. The number of carbonyl (C=O) groups is 1. The molecular formula is C19H23F3N2O. The molecule has 3 nitrogen and oxygen atoms in total. The molecule has 0 fully saturated rings. The first-order chi connectivity index (χ1) is 11.7. The number of unbranched alkanes of at least 4 members (excludes halogenated alkanes) is 1. The number of pyridine rings is 1. The van der Waals surface area contributed by atoms with Crippen LogP contribution in [-0.4, -0.2) is 35.1 Å². The van der Waals surface area contributed by atoms with Crippen molar-refractivity contribution in [2.45, 2.75) is 46.2 Å². The highest BCUT2D eigenvalue weighted by atomic mass is 19.4. The van der Waals surface area contributed by atoms with Gasteiger partial charge in [0.15, 0.2) is 0 Å². The van der Waals surface area contributed by atoms with Gasteiger partial charge in [0.05, 0.1) is 11.9 Å². The van der Waals surface area contributed by atoms with Gasteiger partial charge in [-0.05, 0) is 37.5 Å². The summed E-state index contributed by atoms with van der Waals surface area (Å²) >= 11 is 0. The third kappa shape index (κ3) is 4.94. The van der Waals surface area contributed by atoms with Crippen LogP contribution >= 0.6 is 0 Å². The van der Waals surface area contributed by atoms with Crippen LogP contribution in [0.2, 0.25) is 0 Å². The number of halogens is 3. The van der Waals surface area contributed by atoms with Crippen molar-refractivity contribution in [1.29, 1.82) is 0 Å². The Balaban J connectivity index is 2.29. The molecule has 0 aliphatic heterocycles. The molecule has 1 aromatic carbocycles. The van der Waals surface area contributed by atoms with E-state index in [0.29, 0.717) is 17.7 Å². The van der Waals surface area contributed by atoms with Gasteiger partial charge < -0.3 is 4.90 Å². The summed E-state index contributed by atoms with van der Waals surface area (Å²) in [6, 6.07) is 7.57. The van der Waals surface area contributed by atoms with Gasteiger partial charge in [0.1, 0.15) is 6.54 Å². The molecule has 0 aliphatic carbocycles. The van der Waals surface area contributed by atoms with E-state index >= 15 is 0 Å². The smallest absolute Gasteiger partial charge is 0.333 e. The molecule has 0 saturated carbocycles. The van der Waals surface area contributed by atoms with Crippen molar-refractivity contribution in [1.82, 2.24) is 9.88 Å². The molecule has 0 saturated heterocycles. The van der Waals surface area contributed by atoms with E-state index in [2.05, 4.69) is 4.98 Å². The Morgan fingerprint density at radius 2 is 1.88 bits per heavy atom. The van der Waals surface area contributed by atoms with Crippen LogP contribution < -0.4 is 0 Å². The van der Waals surface area contributed by atoms with E-state index in [9.17, 15) is 18.0 Å². The molecule has 1 aromatic heterocycles. The van der Waals surface area contributed by atoms with Crippen molar-refractivity contribution in [3.8, 4) is 0 Å². The number of hydrogen-bond donors (Lipinski definition) is 0. The van der Waals surface area contributed by atoms with Gasteiger partial charge in [0.2, 0.25) is 5.91 Å². The zero-order valence-electron chi connectivity index (χ0n) is 14.8. The van der Waals surface area contributed by atoms with Crippen molar-refractivity contribution in [2.75, 3.05) is 13.1 Å². The van der Waals surface area contributed by atoms with Gasteiger partial charge in [-0.1, -0.05) is 31.5 Å². The topological polar surface area (TPSA) is 33.2 Å². The van der Waals surface area contributed by atoms with Crippen LogP contribution in [0.3, 0.4) is 0 Å². The van der Waals surface area contributed by atoms with Gasteiger partial charge in [-0.2, -0.15) is 13.2 Å². The summed E-state index contributed by atoms with van der Waals surface area (Å²) in [6.07, 6.45) is -3.17. The van der Waals surface area contributed by atoms with Crippen molar-refractivity contribution < 1.29 is 18.0 Å². The SMILES string of the molecule is CCCCN(CC(F)(F)F)C(=O)Cc1c(C)nc2ccccc2c1C. The summed E-state index contributed by atoms with van der Waals surface area (Å²) in [4.78, 5) is 17.9. The predicted octanol–water partition coefficient (Wildman–Crippen LogP) is 4.59. The Hall–Kier alpha value is -2.11. The minimum Gasteiger partial charge on any atom is -0.333 e. The van der Waals surface area contributed by atoms with Crippen LogP contribution in [0, 0.1) is 13.8 Å². The van der Waals surface area contributed by atoms with Gasteiger partial charge in [-0.3, -0.25) is 9.78 Å². The van der Waals surface area contributed by atoms with Crippen LogP contribution in [0.15, 0.2) is 24.3 Å². The lowest BCUT2D eigenvalue weighted by atomic mass is 9.99. The molecule has 0 N–H and O–H groups in total. The molecule has 0 unspecified atom stereocenters. The molecule has 1 heterocycles. The molecule has 2 rings (SSSR count). The predicted molar refractivity (Wildman–Crippen MR) is 92.5 cm³/mol. The fraction of sp³-hybridized carbons (Fsp3) is 0.474. The molecule has 0 atom stereocenters. The maximum Gasteiger partial charge on any atom is 0.406 e. The maximum atomic E-state index is 12.8. The highest BCUT2D eigenvalue weighted by Gasteiger charge is 2.33. The third-order valence-electron chi connectivity index (χ3n) is 4.32. The van der Waals surface area contributed by atoms with E-state index < -0.39 is 18.6 Å². The van der Waals surface area contributed by atoms with E-state index in [1.807, 2.05) is 38.1 Å². The van der Waals surface area contributed by atoms with E-state index in [-0.39, 0.29) is 13.0 Å². The second-order valence-electron chi connectivity index (χ2n) is 6.28. The minimum atomic E-state index is -4.39. The number of alkyl halides is 3. The summed E-state index contributed by atoms with van der Waals surface area (Å²) in [5, 5.41) is 0.923. The number of hydrogen-bond acceptors (Lipinski definition) is 2. The highest BCUT2D eigenvalue weighted by Crippen LogP contribution is 2.24. The molecular weight excluding hydrogens is 329 g/mol. The molecule has 6 heteroatoms. The summed E-state index contributed by atoms with van der Waals surface area (Å²) in [7, 11) is 0. The molecule has 0 bridgehead atoms. The van der Waals surface area contributed by atoms with E-state index in [1.165, 1.54) is 0 Å². The van der Waals surface area contributed by atoms with Crippen molar-refractivity contribution in [2.24, 2.45) is 0 Å². The monoisotopic (exact) mass is 352 g/mol. The number of aryl methyl sites for hydroxylation is 2. The second kappa shape index (κ2) is 7.85. The van der Waals surface area contributed by atoms with Crippen LogP contribution in [0.1, 0.15) is 36.6 Å². The standard InChI is InChI=1S/C19H23F3N2O/c1-4-5-10-24(12-19(20,21)22)18(25)11-16-13(2)15-8-6-7-9-17(15)23-14(16)3/h6-9H,4-5,10-12H2,1-3H3. The summed E-state index contributed by atoms with van der Waals surface area (Å²) in [5.41, 5.74) is 3.13. The van der Waals surface area contributed by atoms with Crippen LogP contribution in [0.4, 0.5) is 13.2 Å². The minimum absolute atomic E-state index is 0.0602. The van der Waals surface area contributed by atoms with Gasteiger partial charge in [0, 0.05) is 17.6 Å². The molecule has 0 spiro atoms. The lowest BCUT2D eigenvalue weighted by Gasteiger charge is -2.24. The Morgan fingerprint density at radius 3 is 2.52 bits per heavy atom. The number of carbonyl (C=O) groups excluding carboxylic acids is 1. The molecule has 25 heavy (non-hydrogen) atoms. The van der Waals surface area contributed by atoms with Crippen molar-refractivity contribution >= 4 is 16.8 Å². The van der Waals surface area contributed by atoms with Crippen molar-refractivity contribution in [3.05, 3.63) is 41.1 Å². The third-order valence-corrected chi connectivity index (χ3v) is 4.32. The van der Waals surface area contributed by atoms with E-state index in [1.54, 1.807) is 6.92 Å². The van der Waals surface area contributed by atoms with Crippen LogP contribution in [0.25, 0.3) is 10.9 Å².